The van der Waals surface area contributed by atoms with E-state index in [2.05, 4.69) is 27.6 Å². The number of amides is 3. The van der Waals surface area contributed by atoms with Gasteiger partial charge in [-0.15, -0.1) is 0 Å². The number of carbonyl (C=O) groups is 3. The molecule has 3 N–H and O–H groups in total. The molecule has 0 bridgehead atoms. The molecule has 10 nitrogen and oxygen atoms in total. The van der Waals surface area contributed by atoms with Crippen molar-refractivity contribution in [2.45, 2.75) is 39.2 Å². The summed E-state index contributed by atoms with van der Waals surface area (Å²) in [5.41, 5.74) is 2.73. The number of ether oxygens (including phenoxy) is 1. The lowest BCUT2D eigenvalue weighted by molar-refractivity contribution is -0.132. The Labute approximate surface area is 246 Å². The smallest absolute Gasteiger partial charge is 0.268 e. The van der Waals surface area contributed by atoms with Crippen molar-refractivity contribution in [2.75, 3.05) is 45.2 Å². The molecule has 1 fully saturated rings. The lowest BCUT2D eigenvalue weighted by atomic mass is 10.1. The fourth-order valence-electron chi connectivity index (χ4n) is 4.63. The number of H-pyrrole nitrogens is 1. The van der Waals surface area contributed by atoms with E-state index in [1.807, 2.05) is 30.0 Å². The van der Waals surface area contributed by atoms with Crippen molar-refractivity contribution in [1.82, 2.24) is 20.1 Å². The minimum atomic E-state index is -0.388. The Balaban J connectivity index is 1.22. The number of piperazine rings is 1. The van der Waals surface area contributed by atoms with Crippen molar-refractivity contribution in [1.29, 1.82) is 0 Å². The van der Waals surface area contributed by atoms with E-state index in [1.165, 1.54) is 18.2 Å². The van der Waals surface area contributed by atoms with Crippen LogP contribution in [0, 0.1) is 6.92 Å². The van der Waals surface area contributed by atoms with Crippen molar-refractivity contribution < 1.29 is 19.1 Å². The largest absolute Gasteiger partial charge is 0.491 e. The first-order valence-electron chi connectivity index (χ1n) is 14.4. The second kappa shape index (κ2) is 15.0. The quantitative estimate of drug-likeness (QED) is 0.285. The summed E-state index contributed by atoms with van der Waals surface area (Å²) >= 11 is 0. The third kappa shape index (κ3) is 9.04. The number of unbranched alkanes of at least 4 members (excludes halogenated alkanes) is 2. The van der Waals surface area contributed by atoms with Gasteiger partial charge in [0.05, 0.1) is 12.3 Å². The SMILES string of the molecule is Cc1ccc(NC(=O)c2ccc(CNC(=O)c3cccc(=O)[nH]3)cc2)c(OCCCCCC(=O)N2CCN(C)CC2)c1. The Kier molecular flexibility index (Phi) is 10.9. The molecule has 0 spiro atoms. The number of hydrogen-bond acceptors (Lipinski definition) is 6. The van der Waals surface area contributed by atoms with Crippen molar-refractivity contribution in [2.24, 2.45) is 0 Å². The van der Waals surface area contributed by atoms with E-state index in [4.69, 9.17) is 4.74 Å². The maximum atomic E-state index is 13.0. The van der Waals surface area contributed by atoms with Gasteiger partial charge in [0.1, 0.15) is 11.4 Å². The molecule has 3 aromatic rings. The van der Waals surface area contributed by atoms with Crippen LogP contribution in [0.25, 0.3) is 0 Å². The second-order valence-corrected chi connectivity index (χ2v) is 10.6. The van der Waals surface area contributed by atoms with Gasteiger partial charge in [-0.2, -0.15) is 0 Å². The fraction of sp³-hybridized carbons (Fsp3) is 0.375. The van der Waals surface area contributed by atoms with Gasteiger partial charge in [0.15, 0.2) is 0 Å². The van der Waals surface area contributed by atoms with E-state index in [-0.39, 0.29) is 35.5 Å². The molecule has 10 heteroatoms. The molecule has 0 atom stereocenters. The van der Waals surface area contributed by atoms with Crippen molar-refractivity contribution in [3.63, 3.8) is 0 Å². The Hall–Kier alpha value is -4.44. The van der Waals surface area contributed by atoms with Gasteiger partial charge < -0.3 is 30.2 Å². The van der Waals surface area contributed by atoms with Gasteiger partial charge in [0, 0.05) is 50.8 Å². The van der Waals surface area contributed by atoms with Crippen LogP contribution in [0.5, 0.6) is 5.75 Å². The molecular weight excluding hydrogens is 534 g/mol. The number of aromatic nitrogens is 1. The normalized spacial score (nSPS) is 13.4. The summed E-state index contributed by atoms with van der Waals surface area (Å²) in [7, 11) is 2.08. The highest BCUT2D eigenvalue weighted by atomic mass is 16.5. The molecule has 0 aliphatic carbocycles. The van der Waals surface area contributed by atoms with Gasteiger partial charge in [-0.3, -0.25) is 19.2 Å². The predicted molar refractivity (Wildman–Crippen MR) is 162 cm³/mol. The molecule has 0 saturated carbocycles. The summed E-state index contributed by atoms with van der Waals surface area (Å²) < 4.78 is 6.03. The molecule has 4 rings (SSSR count). The first kappa shape index (κ1) is 30.5. The zero-order chi connectivity index (χ0) is 29.9. The van der Waals surface area contributed by atoms with Crippen LogP contribution in [-0.4, -0.2) is 72.3 Å². The minimum Gasteiger partial charge on any atom is -0.491 e. The highest BCUT2D eigenvalue weighted by Gasteiger charge is 2.18. The maximum Gasteiger partial charge on any atom is 0.268 e. The first-order chi connectivity index (χ1) is 20.3. The van der Waals surface area contributed by atoms with Crippen LogP contribution in [0.15, 0.2) is 65.5 Å². The number of aromatic amines is 1. The number of nitrogens with zero attached hydrogens (tertiary/aromatic N) is 2. The number of anilines is 1. The van der Waals surface area contributed by atoms with Crippen LogP contribution in [0.2, 0.25) is 0 Å². The third-order valence-corrected chi connectivity index (χ3v) is 7.22. The molecule has 1 aromatic heterocycles. The maximum absolute atomic E-state index is 13.0. The number of rotatable bonds is 12. The minimum absolute atomic E-state index is 0.186. The van der Waals surface area contributed by atoms with Crippen molar-refractivity contribution >= 4 is 23.4 Å². The number of pyridine rings is 1. The standard InChI is InChI=1S/C32H39N5O5/c1-23-10-15-26(28(21-23)42-20-5-3-4-9-30(39)37-18-16-36(2)17-19-37)35-31(40)25-13-11-24(12-14-25)22-33-32(41)27-7-6-8-29(38)34-27/h6-8,10-15,21H,3-5,9,16-20,22H2,1-2H3,(H,33,41)(H,34,38)(H,35,40). The van der Waals surface area contributed by atoms with E-state index in [0.29, 0.717) is 30.0 Å². The number of benzene rings is 2. The molecule has 1 saturated heterocycles. The molecule has 2 heterocycles. The predicted octanol–water partition coefficient (Wildman–Crippen LogP) is 3.58. The molecule has 3 amide bonds. The molecule has 2 aromatic carbocycles. The number of hydrogen-bond donors (Lipinski definition) is 3. The van der Waals surface area contributed by atoms with Crippen LogP contribution in [0.3, 0.4) is 0 Å². The summed E-state index contributed by atoms with van der Waals surface area (Å²) in [5.74, 6) is 0.175. The van der Waals surface area contributed by atoms with Crippen LogP contribution >= 0.6 is 0 Å². The highest BCUT2D eigenvalue weighted by molar-refractivity contribution is 6.05. The van der Waals surface area contributed by atoms with E-state index in [0.717, 1.165) is 56.6 Å². The summed E-state index contributed by atoms with van der Waals surface area (Å²) in [6.07, 6.45) is 3.10. The van der Waals surface area contributed by atoms with Crippen LogP contribution in [0.4, 0.5) is 5.69 Å². The van der Waals surface area contributed by atoms with Crippen LogP contribution < -0.4 is 20.9 Å². The molecule has 0 unspecified atom stereocenters. The number of carbonyl (C=O) groups excluding carboxylic acids is 3. The van der Waals surface area contributed by atoms with Crippen molar-refractivity contribution in [3.05, 3.63) is 93.4 Å². The number of aryl methyl sites for hydroxylation is 1. The van der Waals surface area contributed by atoms with Gasteiger partial charge in [-0.1, -0.05) is 24.3 Å². The average molecular weight is 574 g/mol. The van der Waals surface area contributed by atoms with Gasteiger partial charge >= 0.3 is 0 Å². The second-order valence-electron chi connectivity index (χ2n) is 10.6. The van der Waals surface area contributed by atoms with Crippen LogP contribution in [-0.2, 0) is 11.3 Å². The van der Waals surface area contributed by atoms with E-state index in [9.17, 15) is 19.2 Å². The van der Waals surface area contributed by atoms with E-state index >= 15 is 0 Å². The Morgan fingerprint density at radius 1 is 0.905 bits per heavy atom. The van der Waals surface area contributed by atoms with Crippen molar-refractivity contribution in [3.8, 4) is 5.75 Å². The summed E-state index contributed by atoms with van der Waals surface area (Å²) in [6.45, 7) is 6.18. The molecule has 222 valence electrons. The summed E-state index contributed by atoms with van der Waals surface area (Å²) in [5, 5.41) is 5.69. The third-order valence-electron chi connectivity index (χ3n) is 7.22. The lowest BCUT2D eigenvalue weighted by Crippen LogP contribution is -2.47. The molecule has 1 aliphatic rings. The van der Waals surface area contributed by atoms with E-state index in [1.54, 1.807) is 24.3 Å². The Morgan fingerprint density at radius 2 is 1.67 bits per heavy atom. The summed E-state index contributed by atoms with van der Waals surface area (Å²) in [4.78, 5) is 55.7. The Morgan fingerprint density at radius 3 is 2.40 bits per heavy atom. The van der Waals surface area contributed by atoms with Gasteiger partial charge in [0.25, 0.3) is 11.8 Å². The fourth-order valence-corrected chi connectivity index (χ4v) is 4.63. The molecule has 0 radical (unpaired) electrons. The first-order valence-corrected chi connectivity index (χ1v) is 14.4. The molecule has 1 aliphatic heterocycles. The molecule has 42 heavy (non-hydrogen) atoms. The average Bonchev–Trinajstić information content (AvgIpc) is 2.99. The number of likely N-dealkylation sites (N-methyl/N-ethyl adjacent to an activating group) is 1. The van der Waals surface area contributed by atoms with Gasteiger partial charge in [-0.25, -0.2) is 0 Å². The van der Waals surface area contributed by atoms with Gasteiger partial charge in [0.2, 0.25) is 11.5 Å². The topological polar surface area (TPSA) is 124 Å². The monoisotopic (exact) mass is 573 g/mol. The Bertz CT molecular complexity index is 1430. The van der Waals surface area contributed by atoms with Gasteiger partial charge in [-0.05, 0) is 74.7 Å². The van der Waals surface area contributed by atoms with Crippen LogP contribution in [0.1, 0.15) is 57.7 Å². The number of nitrogens with one attached hydrogen (secondary N) is 3. The highest BCUT2D eigenvalue weighted by Crippen LogP contribution is 2.27. The lowest BCUT2D eigenvalue weighted by Gasteiger charge is -2.32. The van der Waals surface area contributed by atoms with E-state index < -0.39 is 0 Å². The zero-order valence-electron chi connectivity index (χ0n) is 24.3. The molecular formula is C32H39N5O5. The summed E-state index contributed by atoms with van der Waals surface area (Å²) in [6, 6.07) is 17.0. The zero-order valence-corrected chi connectivity index (χ0v) is 24.3.